The van der Waals surface area contributed by atoms with Crippen LogP contribution in [0.1, 0.15) is 21.5 Å². The lowest BCUT2D eigenvalue weighted by atomic mass is 10.1. The molecule has 1 aromatic heterocycles. The number of benzene rings is 2. The molecule has 0 unspecified atom stereocenters. The SMILES string of the molecule is COCCOc1cccc(C(=O)NCc2cccc(Cn3ccnc3)c2)c1. The smallest absolute Gasteiger partial charge is 0.251 e. The third-order valence-corrected chi connectivity index (χ3v) is 4.02. The molecule has 0 saturated heterocycles. The minimum Gasteiger partial charge on any atom is -0.491 e. The summed E-state index contributed by atoms with van der Waals surface area (Å²) in [4.78, 5) is 16.5. The summed E-state index contributed by atoms with van der Waals surface area (Å²) in [6.07, 6.45) is 5.48. The number of hydrogen-bond acceptors (Lipinski definition) is 4. The fraction of sp³-hybridized carbons (Fsp3) is 0.238. The van der Waals surface area contributed by atoms with Crippen LogP contribution in [0.2, 0.25) is 0 Å². The van der Waals surface area contributed by atoms with E-state index in [9.17, 15) is 4.79 Å². The van der Waals surface area contributed by atoms with E-state index in [-0.39, 0.29) is 5.91 Å². The summed E-state index contributed by atoms with van der Waals surface area (Å²) in [6.45, 7) is 2.17. The fourth-order valence-corrected chi connectivity index (χ4v) is 2.68. The first-order valence-corrected chi connectivity index (χ1v) is 8.78. The minimum atomic E-state index is -0.132. The quantitative estimate of drug-likeness (QED) is 0.592. The first-order chi connectivity index (χ1) is 13.2. The summed E-state index contributed by atoms with van der Waals surface area (Å²) < 4.78 is 12.5. The van der Waals surface area contributed by atoms with Crippen molar-refractivity contribution in [2.24, 2.45) is 0 Å². The second-order valence-corrected chi connectivity index (χ2v) is 6.11. The van der Waals surface area contributed by atoms with E-state index < -0.39 is 0 Å². The average molecular weight is 365 g/mol. The molecule has 3 rings (SSSR count). The minimum absolute atomic E-state index is 0.132. The molecule has 0 fully saturated rings. The third kappa shape index (κ3) is 5.69. The molecule has 0 saturated carbocycles. The largest absolute Gasteiger partial charge is 0.491 e. The van der Waals surface area contributed by atoms with Crippen LogP contribution in [-0.2, 0) is 17.8 Å². The standard InChI is InChI=1S/C21H23N3O3/c1-26-10-11-27-20-7-3-6-19(13-20)21(25)23-14-17-4-2-5-18(12-17)15-24-9-8-22-16-24/h2-9,12-13,16H,10-11,14-15H2,1H3,(H,23,25). The Labute approximate surface area is 158 Å². The maximum atomic E-state index is 12.4. The molecule has 1 heterocycles. The van der Waals surface area contributed by atoms with Crippen molar-refractivity contribution in [3.05, 3.63) is 83.9 Å². The van der Waals surface area contributed by atoms with Gasteiger partial charge in [-0.1, -0.05) is 30.3 Å². The molecule has 0 aliphatic rings. The van der Waals surface area contributed by atoms with Gasteiger partial charge in [-0.3, -0.25) is 4.79 Å². The number of rotatable bonds is 9. The van der Waals surface area contributed by atoms with Crippen LogP contribution in [-0.4, -0.2) is 35.8 Å². The second kappa shape index (κ2) is 9.54. The van der Waals surface area contributed by atoms with Gasteiger partial charge in [0.25, 0.3) is 5.91 Å². The number of nitrogens with one attached hydrogen (secondary N) is 1. The van der Waals surface area contributed by atoms with Crippen molar-refractivity contribution in [2.45, 2.75) is 13.1 Å². The first-order valence-electron chi connectivity index (χ1n) is 8.78. The molecule has 3 aromatic rings. The van der Waals surface area contributed by atoms with E-state index in [4.69, 9.17) is 9.47 Å². The number of methoxy groups -OCH3 is 1. The van der Waals surface area contributed by atoms with Crippen LogP contribution in [0.4, 0.5) is 0 Å². The second-order valence-electron chi connectivity index (χ2n) is 6.11. The van der Waals surface area contributed by atoms with Gasteiger partial charge in [0, 0.05) is 38.2 Å². The van der Waals surface area contributed by atoms with Crippen molar-refractivity contribution >= 4 is 5.91 Å². The van der Waals surface area contributed by atoms with Gasteiger partial charge in [0.2, 0.25) is 0 Å². The molecule has 0 spiro atoms. The van der Waals surface area contributed by atoms with Crippen molar-refractivity contribution in [3.8, 4) is 5.75 Å². The Bertz CT molecular complexity index is 863. The zero-order chi connectivity index (χ0) is 18.9. The average Bonchev–Trinajstić information content (AvgIpc) is 3.20. The van der Waals surface area contributed by atoms with Crippen molar-refractivity contribution in [2.75, 3.05) is 20.3 Å². The molecule has 0 bridgehead atoms. The molecule has 0 radical (unpaired) electrons. The molecule has 2 aromatic carbocycles. The van der Waals surface area contributed by atoms with Crippen LogP contribution in [0.15, 0.2) is 67.3 Å². The predicted octanol–water partition coefficient (Wildman–Crippen LogP) is 2.89. The van der Waals surface area contributed by atoms with Gasteiger partial charge in [0.15, 0.2) is 0 Å². The van der Waals surface area contributed by atoms with Gasteiger partial charge >= 0.3 is 0 Å². The Hall–Kier alpha value is -3.12. The molecule has 1 N–H and O–H groups in total. The number of hydrogen-bond donors (Lipinski definition) is 1. The van der Waals surface area contributed by atoms with Gasteiger partial charge in [-0.15, -0.1) is 0 Å². The van der Waals surface area contributed by atoms with Gasteiger partial charge in [0.1, 0.15) is 12.4 Å². The van der Waals surface area contributed by atoms with E-state index in [2.05, 4.69) is 22.4 Å². The highest BCUT2D eigenvalue weighted by atomic mass is 16.5. The lowest BCUT2D eigenvalue weighted by molar-refractivity contribution is 0.0950. The maximum absolute atomic E-state index is 12.4. The lowest BCUT2D eigenvalue weighted by Crippen LogP contribution is -2.22. The highest BCUT2D eigenvalue weighted by Crippen LogP contribution is 2.14. The predicted molar refractivity (Wildman–Crippen MR) is 103 cm³/mol. The monoisotopic (exact) mass is 365 g/mol. The molecule has 6 heteroatoms. The molecule has 0 aliphatic heterocycles. The van der Waals surface area contributed by atoms with E-state index in [1.807, 2.05) is 35.0 Å². The summed E-state index contributed by atoms with van der Waals surface area (Å²) >= 11 is 0. The topological polar surface area (TPSA) is 65.4 Å². The van der Waals surface area contributed by atoms with Crippen molar-refractivity contribution < 1.29 is 14.3 Å². The Kier molecular flexibility index (Phi) is 6.60. The van der Waals surface area contributed by atoms with Gasteiger partial charge in [-0.05, 0) is 29.3 Å². The van der Waals surface area contributed by atoms with E-state index in [1.54, 1.807) is 31.8 Å². The van der Waals surface area contributed by atoms with Crippen LogP contribution in [0.3, 0.4) is 0 Å². The van der Waals surface area contributed by atoms with Gasteiger partial charge in [0.05, 0.1) is 12.9 Å². The van der Waals surface area contributed by atoms with E-state index in [0.29, 0.717) is 31.1 Å². The highest BCUT2D eigenvalue weighted by molar-refractivity contribution is 5.94. The number of nitrogens with zero attached hydrogens (tertiary/aromatic N) is 2. The van der Waals surface area contributed by atoms with E-state index in [0.717, 1.165) is 17.7 Å². The van der Waals surface area contributed by atoms with Gasteiger partial charge in [-0.2, -0.15) is 0 Å². The molecular formula is C21H23N3O3. The number of ether oxygens (including phenoxy) is 2. The summed E-state index contributed by atoms with van der Waals surface area (Å²) in [5.41, 5.74) is 2.78. The van der Waals surface area contributed by atoms with E-state index in [1.165, 1.54) is 0 Å². The molecular weight excluding hydrogens is 342 g/mol. The molecule has 6 nitrogen and oxygen atoms in total. The first kappa shape index (κ1) is 18.7. The van der Waals surface area contributed by atoms with Crippen molar-refractivity contribution in [3.63, 3.8) is 0 Å². The number of carbonyl (C=O) groups excluding carboxylic acids is 1. The van der Waals surface area contributed by atoms with E-state index >= 15 is 0 Å². The Balaban J connectivity index is 1.56. The van der Waals surface area contributed by atoms with Crippen molar-refractivity contribution in [1.29, 1.82) is 0 Å². The zero-order valence-electron chi connectivity index (χ0n) is 15.3. The Morgan fingerprint density at radius 3 is 2.78 bits per heavy atom. The Morgan fingerprint density at radius 2 is 1.96 bits per heavy atom. The van der Waals surface area contributed by atoms with Crippen LogP contribution in [0, 0.1) is 0 Å². The number of aromatic nitrogens is 2. The fourth-order valence-electron chi connectivity index (χ4n) is 2.68. The zero-order valence-corrected chi connectivity index (χ0v) is 15.3. The number of amides is 1. The van der Waals surface area contributed by atoms with Gasteiger partial charge < -0.3 is 19.4 Å². The summed E-state index contributed by atoms with van der Waals surface area (Å²) in [5.74, 6) is 0.522. The molecule has 27 heavy (non-hydrogen) atoms. The van der Waals surface area contributed by atoms with Gasteiger partial charge in [-0.25, -0.2) is 4.98 Å². The normalized spacial score (nSPS) is 10.6. The Morgan fingerprint density at radius 1 is 1.11 bits per heavy atom. The molecule has 0 atom stereocenters. The van der Waals surface area contributed by atoms with Crippen LogP contribution in [0.5, 0.6) is 5.75 Å². The number of imidazole rings is 1. The lowest BCUT2D eigenvalue weighted by Gasteiger charge is -2.10. The van der Waals surface area contributed by atoms with Crippen molar-refractivity contribution in [1.82, 2.24) is 14.9 Å². The molecule has 0 aliphatic carbocycles. The van der Waals surface area contributed by atoms with Crippen LogP contribution >= 0.6 is 0 Å². The summed E-state index contributed by atoms with van der Waals surface area (Å²) in [7, 11) is 1.62. The summed E-state index contributed by atoms with van der Waals surface area (Å²) in [6, 6.07) is 15.3. The molecule has 1 amide bonds. The summed E-state index contributed by atoms with van der Waals surface area (Å²) in [5, 5.41) is 2.96. The molecule has 140 valence electrons. The van der Waals surface area contributed by atoms with Crippen LogP contribution < -0.4 is 10.1 Å². The third-order valence-electron chi connectivity index (χ3n) is 4.02. The maximum Gasteiger partial charge on any atom is 0.251 e. The highest BCUT2D eigenvalue weighted by Gasteiger charge is 2.07. The van der Waals surface area contributed by atoms with Crippen LogP contribution in [0.25, 0.3) is 0 Å². The number of carbonyl (C=O) groups is 1.